The quantitative estimate of drug-likeness (QED) is 0.322. The van der Waals surface area contributed by atoms with Crippen LogP contribution in [0, 0.1) is 5.92 Å². The molecule has 3 N–H and O–H groups in total. The van der Waals surface area contributed by atoms with Gasteiger partial charge in [0.1, 0.15) is 11.5 Å². The first kappa shape index (κ1) is 24.1. The molecule has 1 unspecified atom stereocenters. The van der Waals surface area contributed by atoms with E-state index in [1.807, 2.05) is 30.3 Å². The van der Waals surface area contributed by atoms with E-state index in [1.54, 1.807) is 6.20 Å². The molecule has 2 rings (SSSR count). The monoisotopic (exact) mass is 413 g/mol. The maximum atomic E-state index is 12.2. The highest BCUT2D eigenvalue weighted by Crippen LogP contribution is 2.14. The molecule has 0 aliphatic rings. The van der Waals surface area contributed by atoms with E-state index in [2.05, 4.69) is 22.2 Å². The average molecular weight is 414 g/mol. The zero-order valence-corrected chi connectivity index (χ0v) is 18.5. The molecule has 1 aromatic heterocycles. The summed E-state index contributed by atoms with van der Waals surface area (Å²) in [6.45, 7) is 2.96. The van der Waals surface area contributed by atoms with Crippen LogP contribution >= 0.6 is 0 Å². The van der Waals surface area contributed by atoms with E-state index in [9.17, 15) is 4.79 Å². The highest BCUT2D eigenvalue weighted by atomic mass is 16.3. The van der Waals surface area contributed by atoms with Crippen molar-refractivity contribution in [2.24, 2.45) is 5.92 Å². The fourth-order valence-corrected chi connectivity index (χ4v) is 3.59. The van der Waals surface area contributed by atoms with Crippen molar-refractivity contribution in [3.63, 3.8) is 0 Å². The van der Waals surface area contributed by atoms with Gasteiger partial charge in [0, 0.05) is 19.6 Å². The molecule has 0 aliphatic heterocycles. The van der Waals surface area contributed by atoms with E-state index < -0.39 is 0 Å². The first-order valence-corrected chi connectivity index (χ1v) is 11.7. The number of nitrogens with zero attached hydrogens (tertiary/aromatic N) is 1. The summed E-state index contributed by atoms with van der Waals surface area (Å²) >= 11 is 0. The summed E-state index contributed by atoms with van der Waals surface area (Å²) in [7, 11) is 0. The van der Waals surface area contributed by atoms with Crippen molar-refractivity contribution in [1.82, 2.24) is 15.3 Å². The third kappa shape index (κ3) is 10.1. The molecule has 0 saturated carbocycles. The number of carbonyl (C=O) groups excluding carboxylic acids is 1. The topological polar surface area (TPSA) is 78.0 Å². The number of H-pyrrole nitrogens is 1. The third-order valence-corrected chi connectivity index (χ3v) is 5.59. The highest BCUT2D eigenvalue weighted by Gasteiger charge is 2.09. The summed E-state index contributed by atoms with van der Waals surface area (Å²) in [4.78, 5) is 19.7. The van der Waals surface area contributed by atoms with E-state index in [0.717, 1.165) is 30.7 Å². The Kier molecular flexibility index (Phi) is 11.9. The summed E-state index contributed by atoms with van der Waals surface area (Å²) in [5, 5.41) is 11.9. The standard InChI is InChI=1S/C25H39N3O2/c1-21(20-29)14-10-7-5-3-2-4-6-8-13-17-24-26-19-23(28-24)25(30)27-18-22-15-11-9-12-16-22/h9,11-12,15-16,19,21,29H,2-8,10,13-14,17-18,20H2,1H3,(H,26,28)(H,27,30). The average Bonchev–Trinajstić information content (AvgIpc) is 3.25. The fraction of sp³-hybridized carbons (Fsp3) is 0.600. The number of benzene rings is 1. The second-order valence-electron chi connectivity index (χ2n) is 8.42. The molecule has 5 heteroatoms. The zero-order valence-electron chi connectivity index (χ0n) is 18.5. The zero-order chi connectivity index (χ0) is 21.4. The first-order chi connectivity index (χ1) is 14.7. The van der Waals surface area contributed by atoms with Crippen molar-refractivity contribution in [3.8, 4) is 0 Å². The molecule has 1 heterocycles. The Morgan fingerprint density at radius 1 is 1.00 bits per heavy atom. The number of imidazole rings is 1. The lowest BCUT2D eigenvalue weighted by atomic mass is 10.0. The van der Waals surface area contributed by atoms with E-state index in [0.29, 0.717) is 24.8 Å². The molecule has 5 nitrogen and oxygen atoms in total. The molecule has 0 saturated heterocycles. The van der Waals surface area contributed by atoms with Gasteiger partial charge in [-0.25, -0.2) is 4.98 Å². The number of carbonyl (C=O) groups is 1. The van der Waals surface area contributed by atoms with Crippen LogP contribution in [0.3, 0.4) is 0 Å². The summed E-state index contributed by atoms with van der Waals surface area (Å²) in [5.74, 6) is 1.25. The predicted octanol–water partition coefficient (Wildman–Crippen LogP) is 5.41. The van der Waals surface area contributed by atoms with Crippen molar-refractivity contribution in [1.29, 1.82) is 0 Å². The molecule has 166 valence electrons. The molecular weight excluding hydrogens is 374 g/mol. The number of hydrogen-bond donors (Lipinski definition) is 3. The predicted molar refractivity (Wildman–Crippen MR) is 122 cm³/mol. The number of aliphatic hydroxyl groups is 1. The number of rotatable bonds is 16. The Morgan fingerprint density at radius 2 is 1.63 bits per heavy atom. The van der Waals surface area contributed by atoms with Gasteiger partial charge in [0.15, 0.2) is 0 Å². The second kappa shape index (κ2) is 14.8. The number of amides is 1. The van der Waals surface area contributed by atoms with Crippen molar-refractivity contribution in [2.45, 2.75) is 84.1 Å². The summed E-state index contributed by atoms with van der Waals surface area (Å²) < 4.78 is 0. The van der Waals surface area contributed by atoms with Crippen LogP contribution in [0.2, 0.25) is 0 Å². The minimum absolute atomic E-state index is 0.108. The maximum absolute atomic E-state index is 12.2. The molecule has 0 fully saturated rings. The van der Waals surface area contributed by atoms with Gasteiger partial charge in [-0.15, -0.1) is 0 Å². The first-order valence-electron chi connectivity index (χ1n) is 11.7. The Labute approximate surface area is 181 Å². The summed E-state index contributed by atoms with van der Waals surface area (Å²) in [5.41, 5.74) is 1.62. The molecule has 2 aromatic rings. The number of aryl methyl sites for hydroxylation is 1. The van der Waals surface area contributed by atoms with Gasteiger partial charge in [0.05, 0.1) is 6.20 Å². The Balaban J connectivity index is 1.47. The Hall–Kier alpha value is -2.14. The molecule has 0 aliphatic carbocycles. The van der Waals surface area contributed by atoms with Crippen LogP contribution < -0.4 is 5.32 Å². The molecule has 1 amide bonds. The minimum atomic E-state index is -0.108. The van der Waals surface area contributed by atoms with Crippen molar-refractivity contribution in [2.75, 3.05) is 6.61 Å². The van der Waals surface area contributed by atoms with Crippen molar-refractivity contribution in [3.05, 3.63) is 53.6 Å². The third-order valence-electron chi connectivity index (χ3n) is 5.59. The Morgan fingerprint density at radius 3 is 2.30 bits per heavy atom. The fourth-order valence-electron chi connectivity index (χ4n) is 3.59. The minimum Gasteiger partial charge on any atom is -0.396 e. The molecule has 30 heavy (non-hydrogen) atoms. The molecular formula is C25H39N3O2. The van der Waals surface area contributed by atoms with Gasteiger partial charge in [-0.2, -0.15) is 0 Å². The van der Waals surface area contributed by atoms with Crippen molar-refractivity contribution >= 4 is 5.91 Å². The van der Waals surface area contributed by atoms with Crippen molar-refractivity contribution < 1.29 is 9.90 Å². The van der Waals surface area contributed by atoms with Crippen LogP contribution in [-0.4, -0.2) is 27.6 Å². The van der Waals surface area contributed by atoms with Crippen LogP contribution in [0.25, 0.3) is 0 Å². The van der Waals surface area contributed by atoms with Crippen LogP contribution in [0.5, 0.6) is 0 Å². The number of unbranched alkanes of at least 4 members (excludes halogenated alkanes) is 8. The smallest absolute Gasteiger partial charge is 0.269 e. The summed E-state index contributed by atoms with van der Waals surface area (Å²) in [6.07, 6.45) is 15.1. The van der Waals surface area contributed by atoms with Gasteiger partial charge >= 0.3 is 0 Å². The lowest BCUT2D eigenvalue weighted by Crippen LogP contribution is -2.23. The maximum Gasteiger partial charge on any atom is 0.269 e. The van der Waals surface area contributed by atoms with Gasteiger partial charge in [-0.1, -0.05) is 88.6 Å². The second-order valence-corrected chi connectivity index (χ2v) is 8.42. The van der Waals surface area contributed by atoms with Gasteiger partial charge in [0.25, 0.3) is 5.91 Å². The number of hydrogen-bond acceptors (Lipinski definition) is 3. The summed E-state index contributed by atoms with van der Waals surface area (Å²) in [6, 6.07) is 9.90. The molecule has 1 atom stereocenters. The van der Waals surface area contributed by atoms with E-state index in [-0.39, 0.29) is 5.91 Å². The number of nitrogens with one attached hydrogen (secondary N) is 2. The number of aliphatic hydroxyl groups excluding tert-OH is 1. The lowest BCUT2D eigenvalue weighted by Gasteiger charge is -2.06. The molecule has 0 spiro atoms. The lowest BCUT2D eigenvalue weighted by molar-refractivity contribution is 0.0946. The van der Waals surface area contributed by atoms with E-state index >= 15 is 0 Å². The number of aromatic nitrogens is 2. The molecule has 1 aromatic carbocycles. The normalized spacial score (nSPS) is 12.1. The van der Waals surface area contributed by atoms with Gasteiger partial charge in [-0.3, -0.25) is 4.79 Å². The molecule has 0 bridgehead atoms. The highest BCUT2D eigenvalue weighted by molar-refractivity contribution is 5.92. The van der Waals surface area contributed by atoms with E-state index in [1.165, 1.54) is 51.4 Å². The van der Waals surface area contributed by atoms with Crippen LogP contribution in [0.1, 0.15) is 93.0 Å². The van der Waals surface area contributed by atoms with Crippen LogP contribution in [-0.2, 0) is 13.0 Å². The largest absolute Gasteiger partial charge is 0.396 e. The van der Waals surface area contributed by atoms with Crippen LogP contribution in [0.4, 0.5) is 0 Å². The number of aromatic amines is 1. The Bertz CT molecular complexity index is 699. The SMILES string of the molecule is CC(CO)CCCCCCCCCCCc1ncc(C(=O)NCc2ccccc2)[nH]1. The van der Waals surface area contributed by atoms with Gasteiger partial charge in [-0.05, 0) is 24.3 Å². The van der Waals surface area contributed by atoms with E-state index in [4.69, 9.17) is 5.11 Å². The van der Waals surface area contributed by atoms with Gasteiger partial charge < -0.3 is 15.4 Å². The molecule has 0 radical (unpaired) electrons. The van der Waals surface area contributed by atoms with Crippen LogP contribution in [0.15, 0.2) is 36.5 Å². The van der Waals surface area contributed by atoms with Gasteiger partial charge in [0.2, 0.25) is 0 Å².